The van der Waals surface area contributed by atoms with Gasteiger partial charge in [0.05, 0.1) is 0 Å². The molecular formula is C10H14N. The zero-order chi connectivity index (χ0) is 8.43. The van der Waals surface area contributed by atoms with Gasteiger partial charge in [0.15, 0.2) is 0 Å². The van der Waals surface area contributed by atoms with E-state index in [0.717, 1.165) is 12.1 Å². The molecule has 1 heteroatoms. The Kier molecular flexibility index (Phi) is 2.18. The number of aryl methyl sites for hydroxylation is 2. The van der Waals surface area contributed by atoms with Crippen molar-refractivity contribution in [2.45, 2.75) is 20.3 Å². The molecule has 1 aromatic rings. The maximum atomic E-state index is 5.66. The van der Waals surface area contributed by atoms with Crippen molar-refractivity contribution < 1.29 is 0 Å². The Bertz CT molecular complexity index is 241. The van der Waals surface area contributed by atoms with Crippen molar-refractivity contribution in [1.82, 2.24) is 0 Å². The van der Waals surface area contributed by atoms with Crippen molar-refractivity contribution in [3.63, 3.8) is 0 Å². The smallest absolute Gasteiger partial charge is 0.0319 e. The molecule has 0 saturated heterocycles. The van der Waals surface area contributed by atoms with Gasteiger partial charge in [-0.1, -0.05) is 0 Å². The van der Waals surface area contributed by atoms with Crippen LogP contribution < -0.4 is 5.73 Å². The minimum absolute atomic E-state index is 0.845. The molecule has 0 unspecified atom stereocenters. The van der Waals surface area contributed by atoms with Crippen molar-refractivity contribution in [3.05, 3.63) is 35.7 Å². The van der Waals surface area contributed by atoms with E-state index in [2.05, 4.69) is 20.8 Å². The second kappa shape index (κ2) is 2.95. The van der Waals surface area contributed by atoms with Crippen molar-refractivity contribution in [2.75, 3.05) is 5.73 Å². The third-order valence-corrected chi connectivity index (χ3v) is 1.97. The highest BCUT2D eigenvalue weighted by atomic mass is 14.5. The van der Waals surface area contributed by atoms with E-state index in [4.69, 9.17) is 5.73 Å². The fraction of sp³-hybridized carbons (Fsp3) is 0.300. The third kappa shape index (κ3) is 1.53. The predicted octanol–water partition coefficient (Wildman–Crippen LogP) is 2.26. The van der Waals surface area contributed by atoms with Crippen LogP contribution in [-0.4, -0.2) is 0 Å². The molecule has 0 fully saturated rings. The molecule has 2 N–H and O–H groups in total. The summed E-state index contributed by atoms with van der Waals surface area (Å²) in [6, 6.07) is 3.99. The van der Waals surface area contributed by atoms with E-state index < -0.39 is 0 Å². The summed E-state index contributed by atoms with van der Waals surface area (Å²) < 4.78 is 0. The van der Waals surface area contributed by atoms with Gasteiger partial charge in [-0.3, -0.25) is 0 Å². The van der Waals surface area contributed by atoms with E-state index in [1.807, 2.05) is 12.1 Å². The largest absolute Gasteiger partial charge is 0.399 e. The molecule has 1 radical (unpaired) electrons. The van der Waals surface area contributed by atoms with Crippen molar-refractivity contribution in [3.8, 4) is 0 Å². The highest BCUT2D eigenvalue weighted by Gasteiger charge is 2.00. The Morgan fingerprint density at radius 2 is 1.73 bits per heavy atom. The fourth-order valence-electron chi connectivity index (χ4n) is 1.42. The summed E-state index contributed by atoms with van der Waals surface area (Å²) >= 11 is 0. The second-order valence-corrected chi connectivity index (χ2v) is 2.88. The lowest BCUT2D eigenvalue weighted by Crippen LogP contribution is -1.94. The van der Waals surface area contributed by atoms with Gasteiger partial charge in [-0.05, 0) is 56.0 Å². The standard InChI is InChI=1S/C10H14N/c1-4-10-7(2)5-9(11)6-8(10)3/h5-6H,1,4,11H2,2-3H3. The third-order valence-electron chi connectivity index (χ3n) is 1.97. The molecule has 59 valence electrons. The molecule has 0 spiro atoms. The highest BCUT2D eigenvalue weighted by Crippen LogP contribution is 2.17. The molecule has 1 nitrogen and oxygen atoms in total. The summed E-state index contributed by atoms with van der Waals surface area (Å²) in [5, 5.41) is 0. The van der Waals surface area contributed by atoms with Crippen molar-refractivity contribution in [1.29, 1.82) is 0 Å². The second-order valence-electron chi connectivity index (χ2n) is 2.88. The highest BCUT2D eigenvalue weighted by molar-refractivity contribution is 5.48. The van der Waals surface area contributed by atoms with E-state index in [-0.39, 0.29) is 0 Å². The maximum absolute atomic E-state index is 5.66. The molecule has 0 aliphatic carbocycles. The quantitative estimate of drug-likeness (QED) is 0.607. The number of benzene rings is 1. The molecule has 11 heavy (non-hydrogen) atoms. The first-order valence-corrected chi connectivity index (χ1v) is 3.80. The van der Waals surface area contributed by atoms with E-state index in [1.54, 1.807) is 0 Å². The molecule has 0 atom stereocenters. The Morgan fingerprint density at radius 1 is 1.27 bits per heavy atom. The number of anilines is 1. The fourth-order valence-corrected chi connectivity index (χ4v) is 1.42. The normalized spacial score (nSPS) is 10.1. The Labute approximate surface area is 68.2 Å². The van der Waals surface area contributed by atoms with Crippen molar-refractivity contribution in [2.24, 2.45) is 0 Å². The van der Waals surface area contributed by atoms with Crippen LogP contribution in [0.25, 0.3) is 0 Å². The molecule has 1 aromatic carbocycles. The van der Waals surface area contributed by atoms with Crippen LogP contribution in [0.5, 0.6) is 0 Å². The van der Waals surface area contributed by atoms with Gasteiger partial charge < -0.3 is 5.73 Å². The number of hydrogen-bond donors (Lipinski definition) is 1. The number of nitrogens with two attached hydrogens (primary N) is 1. The van der Waals surface area contributed by atoms with Gasteiger partial charge >= 0.3 is 0 Å². The molecule has 0 bridgehead atoms. The molecule has 0 saturated carbocycles. The van der Waals surface area contributed by atoms with E-state index in [1.165, 1.54) is 16.7 Å². The Balaban J connectivity index is 3.25. The average Bonchev–Trinajstić information content (AvgIpc) is 1.85. The van der Waals surface area contributed by atoms with Gasteiger partial charge in [0.2, 0.25) is 0 Å². The summed E-state index contributed by atoms with van der Waals surface area (Å²) in [7, 11) is 0. The summed E-state index contributed by atoms with van der Waals surface area (Å²) in [6.45, 7) is 8.01. The molecule has 0 amide bonds. The van der Waals surface area contributed by atoms with Gasteiger partial charge in [-0.25, -0.2) is 0 Å². The van der Waals surface area contributed by atoms with E-state index in [9.17, 15) is 0 Å². The lowest BCUT2D eigenvalue weighted by molar-refractivity contribution is 1.17. The van der Waals surface area contributed by atoms with Gasteiger partial charge in [-0.15, -0.1) is 0 Å². The summed E-state index contributed by atoms with van der Waals surface area (Å²) in [5.74, 6) is 0. The molecule has 0 aromatic heterocycles. The Hall–Kier alpha value is -0.980. The first-order valence-electron chi connectivity index (χ1n) is 3.80. The topological polar surface area (TPSA) is 26.0 Å². The van der Waals surface area contributed by atoms with Crippen LogP contribution in [0.15, 0.2) is 12.1 Å². The summed E-state index contributed by atoms with van der Waals surface area (Å²) in [5.41, 5.74) is 10.3. The molecule has 0 aliphatic heterocycles. The monoisotopic (exact) mass is 148 g/mol. The molecular weight excluding hydrogens is 134 g/mol. The minimum atomic E-state index is 0.845. The van der Waals surface area contributed by atoms with Gasteiger partial charge in [0.1, 0.15) is 0 Å². The minimum Gasteiger partial charge on any atom is -0.399 e. The van der Waals surface area contributed by atoms with E-state index >= 15 is 0 Å². The van der Waals surface area contributed by atoms with Crippen LogP contribution in [0.3, 0.4) is 0 Å². The van der Waals surface area contributed by atoms with E-state index in [0.29, 0.717) is 0 Å². The summed E-state index contributed by atoms with van der Waals surface area (Å²) in [4.78, 5) is 0. The van der Waals surface area contributed by atoms with Crippen LogP contribution in [0.2, 0.25) is 0 Å². The van der Waals surface area contributed by atoms with Gasteiger partial charge in [-0.2, -0.15) is 0 Å². The van der Waals surface area contributed by atoms with Crippen LogP contribution in [0.4, 0.5) is 5.69 Å². The number of rotatable bonds is 1. The number of nitrogen functional groups attached to an aromatic ring is 1. The van der Waals surface area contributed by atoms with Gasteiger partial charge in [0.25, 0.3) is 0 Å². The van der Waals surface area contributed by atoms with Crippen LogP contribution in [-0.2, 0) is 6.42 Å². The maximum Gasteiger partial charge on any atom is 0.0319 e. The van der Waals surface area contributed by atoms with Crippen LogP contribution >= 0.6 is 0 Å². The lowest BCUT2D eigenvalue weighted by atomic mass is 10.00. The lowest BCUT2D eigenvalue weighted by Gasteiger charge is -2.07. The van der Waals surface area contributed by atoms with Crippen molar-refractivity contribution >= 4 is 5.69 Å². The zero-order valence-corrected chi connectivity index (χ0v) is 7.15. The molecule has 0 heterocycles. The van der Waals surface area contributed by atoms with Crippen LogP contribution in [0, 0.1) is 20.8 Å². The first kappa shape index (κ1) is 8.12. The molecule has 1 rings (SSSR count). The Morgan fingerprint density at radius 3 is 2.09 bits per heavy atom. The summed E-state index contributed by atoms with van der Waals surface area (Å²) in [6.07, 6.45) is 0.845. The van der Waals surface area contributed by atoms with Crippen LogP contribution in [0.1, 0.15) is 16.7 Å². The number of hydrogen-bond acceptors (Lipinski definition) is 1. The zero-order valence-electron chi connectivity index (χ0n) is 7.15. The molecule has 0 aliphatic rings. The first-order chi connectivity index (χ1) is 5.15. The average molecular weight is 148 g/mol. The SMILES string of the molecule is [CH2]Cc1c(C)cc(N)cc1C. The predicted molar refractivity (Wildman–Crippen MR) is 49.4 cm³/mol. The van der Waals surface area contributed by atoms with Gasteiger partial charge in [0, 0.05) is 5.69 Å².